The van der Waals surface area contributed by atoms with Gasteiger partial charge in [-0.05, 0) is 49.3 Å². The summed E-state index contributed by atoms with van der Waals surface area (Å²) in [5, 5.41) is 3.11. The highest BCUT2D eigenvalue weighted by atomic mass is 19.2. The number of benzene rings is 1. The monoisotopic (exact) mass is 377 g/mol. The summed E-state index contributed by atoms with van der Waals surface area (Å²) in [6.45, 7) is 3.21. The second kappa shape index (κ2) is 6.86. The Balaban J connectivity index is 1.56. The van der Waals surface area contributed by atoms with Gasteiger partial charge in [0, 0.05) is 25.7 Å². The van der Waals surface area contributed by atoms with Crippen molar-refractivity contribution in [2.24, 2.45) is 5.92 Å². The van der Waals surface area contributed by atoms with Crippen molar-refractivity contribution in [2.75, 3.05) is 19.6 Å². The first-order valence-corrected chi connectivity index (χ1v) is 9.67. The molecule has 1 spiro atoms. The van der Waals surface area contributed by atoms with Crippen LogP contribution in [0.3, 0.4) is 0 Å². The van der Waals surface area contributed by atoms with Crippen molar-refractivity contribution >= 4 is 11.8 Å². The van der Waals surface area contributed by atoms with Crippen LogP contribution in [0.15, 0.2) is 18.2 Å². The molecule has 1 saturated carbocycles. The fourth-order valence-electron chi connectivity index (χ4n) is 4.54. The van der Waals surface area contributed by atoms with Gasteiger partial charge in [0.05, 0.1) is 0 Å². The largest absolute Gasteiger partial charge is 0.328 e. The van der Waals surface area contributed by atoms with E-state index in [4.69, 9.17) is 0 Å². The molecule has 1 aromatic carbocycles. The average Bonchev–Trinajstić information content (AvgIpc) is 2.61. The van der Waals surface area contributed by atoms with Crippen molar-refractivity contribution in [3.63, 3.8) is 0 Å². The van der Waals surface area contributed by atoms with Crippen molar-refractivity contribution < 1.29 is 18.4 Å². The molecule has 2 saturated heterocycles. The average molecular weight is 377 g/mol. The number of hydrogen-bond donors (Lipinski definition) is 1. The van der Waals surface area contributed by atoms with E-state index in [9.17, 15) is 18.4 Å². The third-order valence-corrected chi connectivity index (χ3v) is 6.37. The van der Waals surface area contributed by atoms with Gasteiger partial charge in [-0.3, -0.25) is 9.59 Å². The highest BCUT2D eigenvalue weighted by molar-refractivity contribution is 5.99. The van der Waals surface area contributed by atoms with Gasteiger partial charge in [0.2, 0.25) is 5.91 Å². The van der Waals surface area contributed by atoms with E-state index in [1.165, 1.54) is 6.07 Å². The maximum Gasteiger partial charge on any atom is 0.251 e. The molecule has 2 heterocycles. The van der Waals surface area contributed by atoms with Gasteiger partial charge in [-0.2, -0.15) is 0 Å². The molecule has 2 amide bonds. The van der Waals surface area contributed by atoms with E-state index in [2.05, 4.69) is 12.2 Å². The SMILES string of the molecule is CC1CCC(N2CC(=O)N(Cc3ccc(F)c(F)c3)C3(CNC3)C2=O)CC1. The molecule has 146 valence electrons. The predicted molar refractivity (Wildman–Crippen MR) is 95.6 cm³/mol. The molecule has 0 radical (unpaired) electrons. The van der Waals surface area contributed by atoms with Crippen LogP contribution in [0.2, 0.25) is 0 Å². The molecular formula is C20H25F2N3O2. The molecule has 4 rings (SSSR count). The second-order valence-corrected chi connectivity index (χ2v) is 8.21. The third kappa shape index (κ3) is 3.12. The molecule has 27 heavy (non-hydrogen) atoms. The molecule has 5 nitrogen and oxygen atoms in total. The van der Waals surface area contributed by atoms with Gasteiger partial charge in [0.25, 0.3) is 5.91 Å². The minimum absolute atomic E-state index is 0.0111. The van der Waals surface area contributed by atoms with Gasteiger partial charge in [0.15, 0.2) is 11.6 Å². The van der Waals surface area contributed by atoms with Crippen LogP contribution in [0.5, 0.6) is 0 Å². The summed E-state index contributed by atoms with van der Waals surface area (Å²) in [4.78, 5) is 29.6. The van der Waals surface area contributed by atoms with Gasteiger partial charge >= 0.3 is 0 Å². The van der Waals surface area contributed by atoms with Crippen LogP contribution in [0.1, 0.15) is 38.2 Å². The third-order valence-electron chi connectivity index (χ3n) is 6.37. The van der Waals surface area contributed by atoms with Gasteiger partial charge in [-0.1, -0.05) is 13.0 Å². The number of nitrogens with zero attached hydrogens (tertiary/aromatic N) is 2. The fourth-order valence-corrected chi connectivity index (χ4v) is 4.54. The quantitative estimate of drug-likeness (QED) is 0.877. The van der Waals surface area contributed by atoms with Crippen LogP contribution in [0, 0.1) is 17.6 Å². The molecule has 2 aliphatic heterocycles. The van der Waals surface area contributed by atoms with Gasteiger partial charge in [-0.15, -0.1) is 0 Å². The molecule has 3 aliphatic rings. The summed E-state index contributed by atoms with van der Waals surface area (Å²) in [6, 6.07) is 3.75. The van der Waals surface area contributed by atoms with Crippen molar-refractivity contribution in [3.8, 4) is 0 Å². The Labute approximate surface area is 157 Å². The molecule has 1 N–H and O–H groups in total. The van der Waals surface area contributed by atoms with Crippen molar-refractivity contribution in [1.29, 1.82) is 0 Å². The molecule has 7 heteroatoms. The van der Waals surface area contributed by atoms with Crippen LogP contribution < -0.4 is 5.32 Å². The van der Waals surface area contributed by atoms with E-state index in [1.807, 2.05) is 0 Å². The van der Waals surface area contributed by atoms with E-state index in [0.29, 0.717) is 24.6 Å². The highest BCUT2D eigenvalue weighted by Gasteiger charge is 2.57. The summed E-state index contributed by atoms with van der Waals surface area (Å²) >= 11 is 0. The number of nitrogens with one attached hydrogen (secondary N) is 1. The summed E-state index contributed by atoms with van der Waals surface area (Å²) in [6.07, 6.45) is 4.03. The van der Waals surface area contributed by atoms with Crippen LogP contribution >= 0.6 is 0 Å². The standard InChI is InChI=1S/C20H25F2N3O2/c1-13-2-5-15(6-3-13)24-10-18(26)25(20(19(24)27)11-23-12-20)9-14-4-7-16(21)17(22)8-14/h4,7-8,13,15,23H,2-3,5-6,9-12H2,1H3. The molecule has 0 bridgehead atoms. The van der Waals surface area contributed by atoms with Crippen LogP contribution in [0.4, 0.5) is 8.78 Å². The molecule has 0 aromatic heterocycles. The maximum atomic E-state index is 13.6. The minimum atomic E-state index is -0.943. The van der Waals surface area contributed by atoms with Crippen LogP contribution in [0.25, 0.3) is 0 Å². The fraction of sp³-hybridized carbons (Fsp3) is 0.600. The second-order valence-electron chi connectivity index (χ2n) is 8.21. The zero-order valence-electron chi connectivity index (χ0n) is 15.5. The molecule has 1 aliphatic carbocycles. The topological polar surface area (TPSA) is 52.7 Å². The molecule has 0 unspecified atom stereocenters. The molecule has 1 aromatic rings. The van der Waals surface area contributed by atoms with E-state index in [-0.39, 0.29) is 30.9 Å². The zero-order valence-corrected chi connectivity index (χ0v) is 15.5. The number of hydrogen-bond acceptors (Lipinski definition) is 3. The summed E-state index contributed by atoms with van der Waals surface area (Å²) in [5.74, 6) is -1.33. The lowest BCUT2D eigenvalue weighted by Crippen LogP contribution is -2.80. The number of halogens is 2. The number of carbonyl (C=O) groups is 2. The van der Waals surface area contributed by atoms with Crippen molar-refractivity contribution in [1.82, 2.24) is 15.1 Å². The molecular weight excluding hydrogens is 352 g/mol. The van der Waals surface area contributed by atoms with Gasteiger partial charge < -0.3 is 15.1 Å². The lowest BCUT2D eigenvalue weighted by Gasteiger charge is -2.56. The Morgan fingerprint density at radius 2 is 1.81 bits per heavy atom. The van der Waals surface area contributed by atoms with Gasteiger partial charge in [-0.25, -0.2) is 8.78 Å². The van der Waals surface area contributed by atoms with Crippen molar-refractivity contribution in [2.45, 2.75) is 50.7 Å². The smallest absolute Gasteiger partial charge is 0.251 e. The van der Waals surface area contributed by atoms with E-state index in [1.54, 1.807) is 9.80 Å². The Morgan fingerprint density at radius 3 is 2.41 bits per heavy atom. The Morgan fingerprint density at radius 1 is 1.11 bits per heavy atom. The Kier molecular flexibility index (Phi) is 4.66. The number of amides is 2. The first kappa shape index (κ1) is 18.3. The Bertz CT molecular complexity index is 758. The zero-order chi connectivity index (χ0) is 19.2. The summed E-state index contributed by atoms with van der Waals surface area (Å²) in [5.41, 5.74) is -0.412. The lowest BCUT2D eigenvalue weighted by molar-refractivity contribution is -0.173. The summed E-state index contributed by atoms with van der Waals surface area (Å²) < 4.78 is 26.8. The van der Waals surface area contributed by atoms with Crippen molar-refractivity contribution in [3.05, 3.63) is 35.4 Å². The lowest BCUT2D eigenvalue weighted by atomic mass is 9.81. The predicted octanol–water partition coefficient (Wildman–Crippen LogP) is 2.06. The first-order valence-electron chi connectivity index (χ1n) is 9.67. The molecule has 3 fully saturated rings. The minimum Gasteiger partial charge on any atom is -0.328 e. The van der Waals surface area contributed by atoms with E-state index in [0.717, 1.165) is 37.8 Å². The number of piperazine rings is 1. The van der Waals surface area contributed by atoms with E-state index < -0.39 is 17.2 Å². The maximum absolute atomic E-state index is 13.6. The first-order chi connectivity index (χ1) is 12.9. The van der Waals surface area contributed by atoms with Crippen LogP contribution in [-0.2, 0) is 16.1 Å². The highest BCUT2D eigenvalue weighted by Crippen LogP contribution is 2.35. The normalized spacial score (nSPS) is 27.8. The van der Waals surface area contributed by atoms with Crippen LogP contribution in [-0.4, -0.2) is 52.8 Å². The Hall–Kier alpha value is -2.02. The van der Waals surface area contributed by atoms with Gasteiger partial charge in [0.1, 0.15) is 12.1 Å². The van der Waals surface area contributed by atoms with E-state index >= 15 is 0 Å². The summed E-state index contributed by atoms with van der Waals surface area (Å²) in [7, 11) is 0. The number of carbonyl (C=O) groups excluding carboxylic acids is 2. The number of rotatable bonds is 3. The molecule has 0 atom stereocenters.